The molecule has 7 unspecified atom stereocenters. The molecule has 10 saturated heterocycles. The van der Waals surface area contributed by atoms with Crippen LogP contribution in [-0.4, -0.2) is 47.4 Å². The molecule has 14 rings (SSSR count). The Morgan fingerprint density at radius 3 is 1.38 bits per heavy atom. The van der Waals surface area contributed by atoms with E-state index in [0.717, 1.165) is 35.6 Å². The molecule has 260 valence electrons. The standard InChI is InChI=1S/C39H44NO2P2.C5H5.Fe/c1-24-20-29(21-25(2)36(24)41-8)34-33(28(5)40(6)7)38(43)39(35(34)30-22-26(3)37(42-9)27(4)23-30)44(31-16-12-10-13-17-31)32-18-14-11-15-19-32;1-2-4-5-3-1;/h10-23,28H,43H2,1-9H3;1-5H;. The van der Waals surface area contributed by atoms with Gasteiger partial charge in [-0.3, -0.25) is 0 Å². The van der Waals surface area contributed by atoms with Crippen molar-refractivity contribution < 1.29 is 16.0 Å². The van der Waals surface area contributed by atoms with Gasteiger partial charge in [-0.25, -0.2) is 0 Å². The van der Waals surface area contributed by atoms with Crippen LogP contribution in [0.5, 0.6) is 11.5 Å². The molecule has 0 aromatic heterocycles. The fourth-order valence-electron chi connectivity index (χ4n) is 26.4. The molecule has 3 nitrogen and oxygen atoms in total. The van der Waals surface area contributed by atoms with Gasteiger partial charge in [0.1, 0.15) is 0 Å². The van der Waals surface area contributed by atoms with E-state index in [4.69, 9.17) is 9.47 Å². The molecule has 7 atom stereocenters. The second-order valence-corrected chi connectivity index (χ2v) is 46.5. The normalized spacial score (nSPS) is 54.9. The first-order valence-corrected chi connectivity index (χ1v) is 26.5. The number of hydrogen-bond acceptors (Lipinski definition) is 3. The van der Waals surface area contributed by atoms with Crippen LogP contribution in [0, 0.1) is 27.7 Å². The van der Waals surface area contributed by atoms with Crippen LogP contribution < -0.4 is 20.1 Å². The molecule has 4 aromatic rings. The number of nitrogens with zero attached hydrogens (tertiary/aromatic N) is 1. The summed E-state index contributed by atoms with van der Waals surface area (Å²) in [5, 5.41) is 3.24. The van der Waals surface area contributed by atoms with Gasteiger partial charge in [-0.1, -0.05) is 0 Å². The summed E-state index contributed by atoms with van der Waals surface area (Å²) in [6.45, 7) is 6.94. The Hall–Kier alpha value is -2.18. The van der Waals surface area contributed by atoms with Crippen LogP contribution in [0.4, 0.5) is 0 Å². The van der Waals surface area contributed by atoms with Crippen molar-refractivity contribution in [2.24, 2.45) is 0 Å². The second kappa shape index (κ2) is 4.82. The van der Waals surface area contributed by atoms with Gasteiger partial charge in [0.05, 0.1) is 0 Å². The number of hydrogen-bond donors (Lipinski definition) is 0. The van der Waals surface area contributed by atoms with Crippen molar-refractivity contribution in [3.63, 3.8) is 0 Å². The van der Waals surface area contributed by atoms with Crippen LogP contribution in [0.3, 0.4) is 0 Å². The van der Waals surface area contributed by atoms with Crippen molar-refractivity contribution in [3.05, 3.63) is 118 Å². The molecule has 0 aliphatic carbocycles. The van der Waals surface area contributed by atoms with Crippen LogP contribution in [-0.2, 0) is 15.1 Å². The third-order valence-electron chi connectivity index (χ3n) is 23.4. The molecule has 10 aliphatic heterocycles. The van der Waals surface area contributed by atoms with Gasteiger partial charge in [-0.05, 0) is 0 Å². The molecule has 0 saturated carbocycles. The maximum atomic E-state index is 6.11. The van der Waals surface area contributed by atoms with Gasteiger partial charge in [-0.15, -0.1) is 0 Å². The van der Waals surface area contributed by atoms with Gasteiger partial charge < -0.3 is 0 Å². The second-order valence-electron chi connectivity index (χ2n) is 20.0. The summed E-state index contributed by atoms with van der Waals surface area (Å²) in [7, 11) is 11.9. The third kappa shape index (κ3) is 0.727. The summed E-state index contributed by atoms with van der Waals surface area (Å²) in [6, 6.07) is 35.2. The van der Waals surface area contributed by atoms with Gasteiger partial charge in [0.25, 0.3) is 0 Å². The third-order valence-corrected chi connectivity index (χ3v) is 80.4. The SMILES string of the molecule is COc1c(C)cc([C]23[C]4(c5cc(C)c(OC)c(C)c5)[C]5(P(c6ccccc6)c6ccccc6)[C]6(P)[C]2(C(C)N(C)C)[Fe]63452789[CH]3[CH]2[CH]7[CH]8[CH]39)cc1C. The number of rotatable bonds is 9. The molecule has 4 aromatic carbocycles. The summed E-state index contributed by atoms with van der Waals surface area (Å²) >= 11 is 0. The van der Waals surface area contributed by atoms with Crippen LogP contribution >= 0.6 is 17.2 Å². The predicted molar refractivity (Wildman–Crippen MR) is 207 cm³/mol. The first-order valence-electron chi connectivity index (χ1n) is 18.7. The average Bonchev–Trinajstić information content (AvgIpc) is 4.05. The molecule has 0 amide bonds. The number of ether oxygens (including phenoxy) is 2. The minimum absolute atomic E-state index is 0.238. The molecular formula is C44H49FeNO2P2. The van der Waals surface area contributed by atoms with Crippen molar-refractivity contribution in [1.82, 2.24) is 4.90 Å². The van der Waals surface area contributed by atoms with Gasteiger partial charge in [0.2, 0.25) is 0 Å². The van der Waals surface area contributed by atoms with E-state index in [0.29, 0.717) is 18.5 Å². The van der Waals surface area contributed by atoms with Crippen molar-refractivity contribution in [2.75, 3.05) is 28.3 Å². The zero-order valence-corrected chi connectivity index (χ0v) is 33.8. The number of fused-ring (bicyclic) bond motifs is 10. The summed E-state index contributed by atoms with van der Waals surface area (Å²) in [5.41, 5.74) is 8.74. The average molecular weight is 742 g/mol. The fraction of sp³-hybridized carbons (Fsp3) is 0.455. The molecule has 6 heteroatoms. The number of methoxy groups -OCH3 is 2. The van der Waals surface area contributed by atoms with Crippen molar-refractivity contribution in [2.45, 2.75) is 85.8 Å². The van der Waals surface area contributed by atoms with E-state index in [1.807, 2.05) is 14.2 Å². The van der Waals surface area contributed by atoms with Crippen molar-refractivity contribution in [1.29, 1.82) is 0 Å². The van der Waals surface area contributed by atoms with E-state index in [9.17, 15) is 0 Å². The van der Waals surface area contributed by atoms with Crippen LogP contribution in [0.2, 0.25) is 28.4 Å². The topological polar surface area (TPSA) is 21.7 Å². The van der Waals surface area contributed by atoms with E-state index >= 15 is 0 Å². The maximum absolute atomic E-state index is 6.11. The first kappa shape index (κ1) is 28.3. The molecule has 50 heavy (non-hydrogen) atoms. The Morgan fingerprint density at radius 2 is 1.04 bits per heavy atom. The molecule has 0 N–H and O–H groups in total. The van der Waals surface area contributed by atoms with E-state index < -0.39 is 14.4 Å². The minimum atomic E-state index is -5.05. The molecule has 1 spiro atoms. The Labute approximate surface area is 291 Å². The monoisotopic (exact) mass is 741 g/mol. The van der Waals surface area contributed by atoms with E-state index in [1.54, 1.807) is 21.7 Å². The van der Waals surface area contributed by atoms with E-state index in [2.05, 4.69) is 148 Å². The molecule has 0 radical (unpaired) electrons. The summed E-state index contributed by atoms with van der Waals surface area (Å²) < 4.78 is 13.8. The Kier molecular flexibility index (Phi) is 2.73. The van der Waals surface area contributed by atoms with Crippen LogP contribution in [0.15, 0.2) is 84.9 Å². The molecule has 10 aliphatic rings. The Morgan fingerprint density at radius 1 is 0.660 bits per heavy atom. The van der Waals surface area contributed by atoms with E-state index in [-0.39, 0.29) is 8.63 Å². The van der Waals surface area contributed by atoms with E-state index in [1.165, 1.54) is 22.3 Å². The van der Waals surface area contributed by atoms with Crippen LogP contribution in [0.1, 0.15) is 40.3 Å². The molecular weight excluding hydrogens is 692 g/mol. The summed E-state index contributed by atoms with van der Waals surface area (Å²) in [4.78, 5) is 7.63. The van der Waals surface area contributed by atoms with Gasteiger partial charge in [0.15, 0.2) is 0 Å². The Bertz CT molecular complexity index is 2670. The zero-order valence-electron chi connectivity index (χ0n) is 30.7. The van der Waals surface area contributed by atoms with Crippen molar-refractivity contribution in [3.8, 4) is 11.5 Å². The summed E-state index contributed by atoms with van der Waals surface area (Å²) in [6.07, 6.45) is 0. The molecule has 0 bridgehead atoms. The van der Waals surface area contributed by atoms with Crippen LogP contribution in [0.25, 0.3) is 0 Å². The number of benzene rings is 4. The summed E-state index contributed by atoms with van der Waals surface area (Å²) in [5.74, 6) is 2.15. The van der Waals surface area contributed by atoms with Gasteiger partial charge in [0, 0.05) is 0 Å². The van der Waals surface area contributed by atoms with Gasteiger partial charge in [-0.2, -0.15) is 0 Å². The molecule has 10 fully saturated rings. The predicted octanol–water partition coefficient (Wildman–Crippen LogP) is 8.98. The Balaban J connectivity index is 1.23. The first-order chi connectivity index (χ1) is 23.8. The zero-order chi connectivity index (χ0) is 34.5. The van der Waals surface area contributed by atoms with Gasteiger partial charge >= 0.3 is 293 Å². The molecule has 10 heterocycles. The quantitative estimate of drug-likeness (QED) is 0.126. The van der Waals surface area contributed by atoms with Crippen molar-refractivity contribution >= 4 is 27.8 Å². The fourth-order valence-corrected chi connectivity index (χ4v) is 133. The number of aryl methyl sites for hydroxylation is 4.